The van der Waals surface area contributed by atoms with Gasteiger partial charge in [-0.15, -0.1) is 0 Å². The zero-order valence-corrected chi connectivity index (χ0v) is 11.7. The predicted octanol–water partition coefficient (Wildman–Crippen LogP) is 2.81. The van der Waals surface area contributed by atoms with E-state index in [-0.39, 0.29) is 19.9 Å². The summed E-state index contributed by atoms with van der Waals surface area (Å²) >= 11 is 0.187. The van der Waals surface area contributed by atoms with E-state index < -0.39 is 0 Å². The van der Waals surface area contributed by atoms with Crippen LogP contribution in [0.5, 0.6) is 5.75 Å². The van der Waals surface area contributed by atoms with Crippen LogP contribution in [-0.2, 0) is 0 Å². The Hall–Kier alpha value is -1.57. The van der Waals surface area contributed by atoms with Crippen LogP contribution in [0.4, 0.5) is 0 Å². The van der Waals surface area contributed by atoms with Crippen LogP contribution < -0.4 is 10.2 Å². The molecule has 0 aliphatic carbocycles. The number of hydrogen-bond donors (Lipinski definition) is 0. The molecule has 0 aliphatic heterocycles. The summed E-state index contributed by atoms with van der Waals surface area (Å²) < 4.78 is 7.78. The predicted molar refractivity (Wildman–Crippen MR) is 75.8 cm³/mol. The van der Waals surface area contributed by atoms with Crippen LogP contribution in [0.15, 0.2) is 47.3 Å². The van der Waals surface area contributed by atoms with Gasteiger partial charge >= 0.3 is 111 Å². The summed E-state index contributed by atoms with van der Waals surface area (Å²) in [4.78, 5) is 12.3. The van der Waals surface area contributed by atoms with E-state index in [1.807, 2.05) is 49.4 Å². The topological polar surface area (TPSA) is 26.3 Å². The van der Waals surface area contributed by atoms with Gasteiger partial charge in [-0.3, -0.25) is 0 Å². The SMILES string of the molecule is CCOc1ccc2c(=O)c3ccccc3[se]c2c1. The van der Waals surface area contributed by atoms with Crippen LogP contribution in [0.3, 0.4) is 0 Å². The molecule has 18 heavy (non-hydrogen) atoms. The van der Waals surface area contributed by atoms with Gasteiger partial charge in [-0.05, 0) is 0 Å². The number of ether oxygens (including phenoxy) is 1. The summed E-state index contributed by atoms with van der Waals surface area (Å²) in [6.45, 7) is 2.61. The molecule has 3 aromatic rings. The van der Waals surface area contributed by atoms with Gasteiger partial charge in [-0.25, -0.2) is 0 Å². The van der Waals surface area contributed by atoms with Gasteiger partial charge in [0.2, 0.25) is 0 Å². The first-order valence-electron chi connectivity index (χ1n) is 5.88. The zero-order chi connectivity index (χ0) is 12.5. The molecular weight excluding hydrogens is 291 g/mol. The second-order valence-corrected chi connectivity index (χ2v) is 6.29. The molecule has 0 unspecified atom stereocenters. The van der Waals surface area contributed by atoms with Gasteiger partial charge in [0.05, 0.1) is 0 Å². The molecule has 3 rings (SSSR count). The van der Waals surface area contributed by atoms with E-state index in [4.69, 9.17) is 4.74 Å². The van der Waals surface area contributed by atoms with Crippen molar-refractivity contribution in [3.05, 3.63) is 52.7 Å². The second kappa shape index (κ2) is 4.60. The molecule has 0 radical (unpaired) electrons. The molecule has 0 bridgehead atoms. The van der Waals surface area contributed by atoms with Crippen molar-refractivity contribution >= 4 is 33.8 Å². The van der Waals surface area contributed by atoms with Crippen molar-refractivity contribution < 1.29 is 4.74 Å². The molecule has 3 heteroatoms. The van der Waals surface area contributed by atoms with Gasteiger partial charge in [0.1, 0.15) is 0 Å². The second-order valence-electron chi connectivity index (χ2n) is 4.02. The maximum atomic E-state index is 12.3. The van der Waals surface area contributed by atoms with Crippen LogP contribution in [-0.4, -0.2) is 21.1 Å². The van der Waals surface area contributed by atoms with Crippen LogP contribution in [0.2, 0.25) is 0 Å². The minimum absolute atomic E-state index is 0.136. The molecule has 0 aliphatic rings. The molecule has 0 fully saturated rings. The van der Waals surface area contributed by atoms with Crippen LogP contribution in [0.25, 0.3) is 19.3 Å². The fourth-order valence-electron chi connectivity index (χ4n) is 2.04. The van der Waals surface area contributed by atoms with E-state index in [9.17, 15) is 4.79 Å². The number of fused-ring (bicyclic) bond motifs is 2. The summed E-state index contributed by atoms with van der Waals surface area (Å²) in [5, 5.41) is 1.69. The number of rotatable bonds is 2. The average molecular weight is 303 g/mol. The van der Waals surface area contributed by atoms with E-state index in [0.717, 1.165) is 25.0 Å². The Morgan fingerprint density at radius 3 is 2.67 bits per heavy atom. The Balaban J connectivity index is 2.37. The average Bonchev–Trinajstić information content (AvgIpc) is 2.39. The quantitative estimate of drug-likeness (QED) is 0.537. The number of hydrogen-bond acceptors (Lipinski definition) is 2. The first kappa shape index (κ1) is 11.5. The summed E-state index contributed by atoms with van der Waals surface area (Å²) in [5.41, 5.74) is 0.136. The van der Waals surface area contributed by atoms with Gasteiger partial charge < -0.3 is 0 Å². The van der Waals surface area contributed by atoms with Crippen molar-refractivity contribution in [1.82, 2.24) is 0 Å². The molecule has 2 aromatic carbocycles. The van der Waals surface area contributed by atoms with Crippen LogP contribution in [0.1, 0.15) is 6.92 Å². The molecule has 2 nitrogen and oxygen atoms in total. The van der Waals surface area contributed by atoms with Gasteiger partial charge in [0.25, 0.3) is 0 Å². The molecule has 1 aromatic heterocycles. The Morgan fingerprint density at radius 2 is 1.83 bits per heavy atom. The van der Waals surface area contributed by atoms with Gasteiger partial charge in [-0.1, -0.05) is 0 Å². The van der Waals surface area contributed by atoms with Crippen molar-refractivity contribution in [1.29, 1.82) is 0 Å². The van der Waals surface area contributed by atoms with Crippen molar-refractivity contribution in [3.8, 4) is 5.75 Å². The van der Waals surface area contributed by atoms with Gasteiger partial charge in [-0.2, -0.15) is 0 Å². The summed E-state index contributed by atoms with van der Waals surface area (Å²) in [6, 6.07) is 13.7. The summed E-state index contributed by atoms with van der Waals surface area (Å²) in [7, 11) is 0. The third-order valence-electron chi connectivity index (χ3n) is 2.86. The standard InChI is InChI=1S/C15H12O2Se/c1-2-17-10-7-8-12-14(9-10)18-13-6-4-3-5-11(13)15(12)16/h3-9H,2H2,1H3. The minimum atomic E-state index is 0.136. The van der Waals surface area contributed by atoms with Crippen molar-refractivity contribution in [2.45, 2.75) is 6.92 Å². The fraction of sp³-hybridized carbons (Fsp3) is 0.133. The molecule has 1 heterocycles. The molecule has 0 atom stereocenters. The zero-order valence-electron chi connectivity index (χ0n) is 9.97. The van der Waals surface area contributed by atoms with Crippen molar-refractivity contribution in [2.75, 3.05) is 6.61 Å². The Labute approximate surface area is 111 Å². The third kappa shape index (κ3) is 1.86. The van der Waals surface area contributed by atoms with Crippen LogP contribution >= 0.6 is 0 Å². The molecular formula is C15H12O2Se. The Kier molecular flexibility index (Phi) is 2.94. The maximum absolute atomic E-state index is 12.3. The molecule has 0 amide bonds. The summed E-state index contributed by atoms with van der Waals surface area (Å²) in [6.07, 6.45) is 0. The first-order valence-corrected chi connectivity index (χ1v) is 7.59. The molecule has 0 saturated heterocycles. The monoisotopic (exact) mass is 304 g/mol. The molecule has 0 saturated carbocycles. The molecule has 0 N–H and O–H groups in total. The molecule has 0 spiro atoms. The van der Waals surface area contributed by atoms with Gasteiger partial charge in [0, 0.05) is 0 Å². The summed E-state index contributed by atoms with van der Waals surface area (Å²) in [5.74, 6) is 0.852. The van der Waals surface area contributed by atoms with Gasteiger partial charge in [0.15, 0.2) is 0 Å². The van der Waals surface area contributed by atoms with E-state index in [1.54, 1.807) is 0 Å². The van der Waals surface area contributed by atoms with Crippen molar-refractivity contribution in [3.63, 3.8) is 0 Å². The van der Waals surface area contributed by atoms with E-state index >= 15 is 0 Å². The molecule has 90 valence electrons. The third-order valence-corrected chi connectivity index (χ3v) is 5.24. The van der Waals surface area contributed by atoms with Crippen LogP contribution in [0, 0.1) is 0 Å². The Bertz CT molecular complexity index is 774. The Morgan fingerprint density at radius 1 is 1.06 bits per heavy atom. The van der Waals surface area contributed by atoms with E-state index in [0.29, 0.717) is 6.61 Å². The van der Waals surface area contributed by atoms with E-state index in [1.165, 1.54) is 0 Å². The van der Waals surface area contributed by atoms with E-state index in [2.05, 4.69) is 0 Å². The normalized spacial score (nSPS) is 10.9. The fourth-order valence-corrected chi connectivity index (χ4v) is 4.35. The van der Waals surface area contributed by atoms with Crippen molar-refractivity contribution in [2.24, 2.45) is 0 Å². The number of benzene rings is 2. The first-order chi connectivity index (χ1) is 8.79.